The highest BCUT2D eigenvalue weighted by molar-refractivity contribution is 9.10. The van der Waals surface area contributed by atoms with E-state index in [2.05, 4.69) is 36.6 Å². The third-order valence-corrected chi connectivity index (χ3v) is 5.41. The summed E-state index contributed by atoms with van der Waals surface area (Å²) >= 11 is 6.37. The van der Waals surface area contributed by atoms with Crippen LogP contribution in [-0.2, 0) is 10.0 Å². The van der Waals surface area contributed by atoms with Gasteiger partial charge >= 0.3 is 5.97 Å². The highest BCUT2D eigenvalue weighted by Crippen LogP contribution is 2.26. The molecule has 0 spiro atoms. The summed E-state index contributed by atoms with van der Waals surface area (Å²) in [6.45, 7) is 0. The normalized spacial score (nSPS) is 11.1. The Morgan fingerprint density at radius 3 is 2.43 bits per heavy atom. The summed E-state index contributed by atoms with van der Waals surface area (Å²) in [6, 6.07) is 10.5. The maximum absolute atomic E-state index is 12.4. The van der Waals surface area contributed by atoms with Gasteiger partial charge in [0.1, 0.15) is 4.90 Å². The van der Waals surface area contributed by atoms with Crippen molar-refractivity contribution in [3.8, 4) is 0 Å². The Hall–Kier alpha value is -1.38. The van der Waals surface area contributed by atoms with Crippen molar-refractivity contribution >= 4 is 53.5 Å². The number of carboxylic acids is 1. The van der Waals surface area contributed by atoms with Crippen molar-refractivity contribution in [1.29, 1.82) is 0 Å². The van der Waals surface area contributed by atoms with E-state index in [1.807, 2.05) is 0 Å². The van der Waals surface area contributed by atoms with Crippen molar-refractivity contribution in [3.05, 3.63) is 57.0 Å². The zero-order chi connectivity index (χ0) is 15.6. The monoisotopic (exact) mass is 433 g/mol. The average molecular weight is 435 g/mol. The molecule has 0 aliphatic heterocycles. The summed E-state index contributed by atoms with van der Waals surface area (Å²) in [5, 5.41) is 8.96. The summed E-state index contributed by atoms with van der Waals surface area (Å²) in [5.41, 5.74) is 0.268. The molecule has 2 N–H and O–H groups in total. The van der Waals surface area contributed by atoms with E-state index in [4.69, 9.17) is 5.11 Å². The molecule has 0 amide bonds. The summed E-state index contributed by atoms with van der Waals surface area (Å²) in [4.78, 5) is 10.8. The van der Waals surface area contributed by atoms with Crippen molar-refractivity contribution in [2.75, 3.05) is 4.72 Å². The molecule has 0 radical (unpaired) electrons. The fraction of sp³-hybridized carbons (Fsp3) is 0. The van der Waals surface area contributed by atoms with E-state index in [1.165, 1.54) is 12.1 Å². The number of nitrogens with one attached hydrogen (secondary N) is 1. The lowest BCUT2D eigenvalue weighted by Gasteiger charge is -2.10. The van der Waals surface area contributed by atoms with Gasteiger partial charge in [0, 0.05) is 14.6 Å². The lowest BCUT2D eigenvalue weighted by Crippen LogP contribution is -2.14. The molecule has 0 saturated carbocycles. The van der Waals surface area contributed by atoms with E-state index in [1.54, 1.807) is 24.3 Å². The number of anilines is 1. The Kier molecular flexibility index (Phi) is 4.70. The topological polar surface area (TPSA) is 83.5 Å². The second-order valence-electron chi connectivity index (χ2n) is 4.07. The van der Waals surface area contributed by atoms with Crippen molar-refractivity contribution < 1.29 is 18.3 Å². The van der Waals surface area contributed by atoms with E-state index >= 15 is 0 Å². The first-order valence-corrected chi connectivity index (χ1v) is 8.68. The van der Waals surface area contributed by atoms with Gasteiger partial charge in [-0.2, -0.15) is 0 Å². The lowest BCUT2D eigenvalue weighted by atomic mass is 10.2. The van der Waals surface area contributed by atoms with Gasteiger partial charge < -0.3 is 5.11 Å². The van der Waals surface area contributed by atoms with E-state index in [9.17, 15) is 13.2 Å². The van der Waals surface area contributed by atoms with Crippen molar-refractivity contribution in [2.45, 2.75) is 4.90 Å². The molecule has 21 heavy (non-hydrogen) atoms. The number of benzene rings is 2. The molecule has 5 nitrogen and oxygen atoms in total. The largest absolute Gasteiger partial charge is 0.478 e. The maximum atomic E-state index is 12.4. The van der Waals surface area contributed by atoms with Crippen LogP contribution in [0, 0.1) is 0 Å². The summed E-state index contributed by atoms with van der Waals surface area (Å²) in [7, 11) is -3.90. The molecule has 0 unspecified atom stereocenters. The molecule has 2 aromatic rings. The van der Waals surface area contributed by atoms with Crippen LogP contribution in [0.5, 0.6) is 0 Å². The Morgan fingerprint density at radius 2 is 1.81 bits per heavy atom. The standard InChI is InChI=1S/C13H9Br2NO4S/c14-9-2-1-3-10(7-9)16-21(19,20)12-6-8(13(17)18)4-5-11(12)15/h1-7,16H,(H,17,18). The fourth-order valence-electron chi connectivity index (χ4n) is 1.60. The van der Waals surface area contributed by atoms with Gasteiger partial charge in [-0.1, -0.05) is 22.0 Å². The number of sulfonamides is 1. The third-order valence-electron chi connectivity index (χ3n) is 2.54. The molecule has 2 aromatic carbocycles. The Balaban J connectivity index is 2.44. The Bertz CT molecular complexity index is 806. The van der Waals surface area contributed by atoms with Gasteiger partial charge in [0.2, 0.25) is 0 Å². The van der Waals surface area contributed by atoms with E-state index in [0.29, 0.717) is 5.69 Å². The Labute approximate surface area is 138 Å². The summed E-state index contributed by atoms with van der Waals surface area (Å²) in [5.74, 6) is -1.19. The van der Waals surface area contributed by atoms with Crippen LogP contribution >= 0.6 is 31.9 Å². The Morgan fingerprint density at radius 1 is 1.10 bits per heavy atom. The second kappa shape index (κ2) is 6.17. The van der Waals surface area contributed by atoms with Gasteiger partial charge in [0.15, 0.2) is 0 Å². The van der Waals surface area contributed by atoms with Gasteiger partial charge in [-0.3, -0.25) is 4.72 Å². The zero-order valence-electron chi connectivity index (χ0n) is 10.4. The number of halogens is 2. The van der Waals surface area contributed by atoms with E-state index in [0.717, 1.165) is 10.5 Å². The molecule has 0 heterocycles. The molecule has 110 valence electrons. The molecular formula is C13H9Br2NO4S. The van der Waals surface area contributed by atoms with Crippen LogP contribution in [0.2, 0.25) is 0 Å². The van der Waals surface area contributed by atoms with E-state index in [-0.39, 0.29) is 14.9 Å². The van der Waals surface area contributed by atoms with Gasteiger partial charge in [0.05, 0.1) is 5.56 Å². The van der Waals surface area contributed by atoms with Crippen LogP contribution < -0.4 is 4.72 Å². The van der Waals surface area contributed by atoms with Gasteiger partial charge in [-0.15, -0.1) is 0 Å². The molecule has 2 rings (SSSR count). The van der Waals surface area contributed by atoms with Crippen LogP contribution in [0.15, 0.2) is 56.3 Å². The molecule has 0 saturated heterocycles. The number of hydrogen-bond acceptors (Lipinski definition) is 3. The minimum absolute atomic E-state index is 0.104. The van der Waals surface area contributed by atoms with Gasteiger partial charge in [-0.05, 0) is 52.3 Å². The predicted octanol–water partition coefficient (Wildman–Crippen LogP) is 3.71. The van der Waals surface area contributed by atoms with Crippen LogP contribution in [0.3, 0.4) is 0 Å². The highest BCUT2D eigenvalue weighted by atomic mass is 79.9. The van der Waals surface area contributed by atoms with Crippen LogP contribution in [-0.4, -0.2) is 19.5 Å². The first kappa shape index (κ1) is 16.0. The first-order valence-electron chi connectivity index (χ1n) is 5.61. The van der Waals surface area contributed by atoms with Crippen LogP contribution in [0.25, 0.3) is 0 Å². The maximum Gasteiger partial charge on any atom is 0.335 e. The van der Waals surface area contributed by atoms with Crippen molar-refractivity contribution in [2.24, 2.45) is 0 Å². The minimum atomic E-state index is -3.90. The molecule has 0 bridgehead atoms. The lowest BCUT2D eigenvalue weighted by molar-refractivity contribution is 0.0696. The molecule has 0 aliphatic rings. The molecular weight excluding hydrogens is 426 g/mol. The summed E-state index contributed by atoms with van der Waals surface area (Å²) in [6.07, 6.45) is 0. The third kappa shape index (κ3) is 3.84. The number of carbonyl (C=O) groups is 1. The number of rotatable bonds is 4. The molecule has 8 heteroatoms. The minimum Gasteiger partial charge on any atom is -0.478 e. The molecule has 0 aliphatic carbocycles. The number of carboxylic acid groups (broad SMARTS) is 1. The average Bonchev–Trinajstić information content (AvgIpc) is 2.38. The second-order valence-corrected chi connectivity index (χ2v) is 7.49. The fourth-order valence-corrected chi connectivity index (χ4v) is 4.04. The zero-order valence-corrected chi connectivity index (χ0v) is 14.4. The van der Waals surface area contributed by atoms with Gasteiger partial charge in [-0.25, -0.2) is 13.2 Å². The summed E-state index contributed by atoms with van der Waals surface area (Å²) < 4.78 is 28.1. The quantitative estimate of drug-likeness (QED) is 0.768. The van der Waals surface area contributed by atoms with Crippen molar-refractivity contribution in [3.63, 3.8) is 0 Å². The molecule has 0 aromatic heterocycles. The van der Waals surface area contributed by atoms with Crippen LogP contribution in [0.4, 0.5) is 5.69 Å². The van der Waals surface area contributed by atoms with Crippen molar-refractivity contribution in [1.82, 2.24) is 0 Å². The van der Waals surface area contributed by atoms with Crippen LogP contribution in [0.1, 0.15) is 10.4 Å². The SMILES string of the molecule is O=C(O)c1ccc(Br)c(S(=O)(=O)Nc2cccc(Br)c2)c1. The highest BCUT2D eigenvalue weighted by Gasteiger charge is 2.20. The molecule has 0 fully saturated rings. The van der Waals surface area contributed by atoms with E-state index < -0.39 is 16.0 Å². The first-order chi connectivity index (χ1) is 9.79. The van der Waals surface area contributed by atoms with Gasteiger partial charge in [0.25, 0.3) is 10.0 Å². The molecule has 0 atom stereocenters. The smallest absolute Gasteiger partial charge is 0.335 e. The number of hydrogen-bond donors (Lipinski definition) is 2. The predicted molar refractivity (Wildman–Crippen MR) is 86.1 cm³/mol. The number of aromatic carboxylic acids is 1.